The summed E-state index contributed by atoms with van der Waals surface area (Å²) in [5.74, 6) is -4.01. The normalized spacial score (nSPS) is 15.7. The summed E-state index contributed by atoms with van der Waals surface area (Å²) in [6.07, 6.45) is -0.851. The molecule has 0 unspecified atom stereocenters. The number of imidazole rings is 1. The third kappa shape index (κ3) is 9.68. The van der Waals surface area contributed by atoms with Crippen molar-refractivity contribution < 1.29 is 50.9 Å². The number of carboxylic acids is 2. The highest BCUT2D eigenvalue weighted by Gasteiger charge is 2.38. The number of aromatic nitrogens is 4. The van der Waals surface area contributed by atoms with Gasteiger partial charge in [0.25, 0.3) is 0 Å². The van der Waals surface area contributed by atoms with Gasteiger partial charge in [0.1, 0.15) is 5.82 Å². The minimum absolute atomic E-state index is 0.186. The lowest BCUT2D eigenvalue weighted by Crippen LogP contribution is -2.34. The topological polar surface area (TPSA) is 143 Å². The Morgan fingerprint density at radius 1 is 1.03 bits per heavy atom. The van der Waals surface area contributed by atoms with Gasteiger partial charge in [0.15, 0.2) is 0 Å². The first-order chi connectivity index (χ1) is 17.6. The van der Waals surface area contributed by atoms with E-state index in [1.165, 1.54) is 12.0 Å². The van der Waals surface area contributed by atoms with Gasteiger partial charge in [0.05, 0.1) is 25.0 Å². The highest BCUT2D eigenvalue weighted by molar-refractivity contribution is 5.79. The molecule has 2 aliphatic rings. The molecule has 1 aliphatic heterocycles. The highest BCUT2D eigenvalue weighted by Crippen LogP contribution is 2.26. The fourth-order valence-corrected chi connectivity index (χ4v) is 3.39. The maximum absolute atomic E-state index is 11.9. The predicted molar refractivity (Wildman–Crippen MR) is 116 cm³/mol. The zero-order chi connectivity index (χ0) is 28.7. The number of carbonyl (C=O) groups excluding carboxylic acids is 1. The molecular weight excluding hydrogens is 530 g/mol. The summed E-state index contributed by atoms with van der Waals surface area (Å²) in [6.45, 7) is 4.23. The first-order valence-electron chi connectivity index (χ1n) is 11.2. The van der Waals surface area contributed by atoms with Crippen LogP contribution in [0.25, 0.3) is 0 Å². The number of nitrogens with one attached hydrogen (secondary N) is 1. The van der Waals surface area contributed by atoms with Crippen molar-refractivity contribution in [3.8, 4) is 0 Å². The quantitative estimate of drug-likeness (QED) is 0.477. The van der Waals surface area contributed by atoms with Crippen LogP contribution in [-0.2, 0) is 47.6 Å². The van der Waals surface area contributed by atoms with Crippen LogP contribution in [-0.4, -0.2) is 71.2 Å². The number of carboxylic acid groups (broad SMARTS) is 2. The van der Waals surface area contributed by atoms with Gasteiger partial charge in [-0.2, -0.15) is 31.4 Å². The number of aryl methyl sites for hydroxylation is 1. The average Bonchev–Trinajstić information content (AvgIpc) is 3.35. The van der Waals surface area contributed by atoms with E-state index in [2.05, 4.69) is 32.3 Å². The van der Waals surface area contributed by atoms with E-state index in [0.29, 0.717) is 6.54 Å². The molecule has 0 aromatic carbocycles. The Balaban J connectivity index is 0.000000301. The van der Waals surface area contributed by atoms with Gasteiger partial charge in [0.2, 0.25) is 5.91 Å². The molecule has 11 nitrogen and oxygen atoms in total. The van der Waals surface area contributed by atoms with Crippen molar-refractivity contribution in [1.29, 1.82) is 0 Å². The van der Waals surface area contributed by atoms with E-state index < -0.39 is 24.3 Å². The van der Waals surface area contributed by atoms with Crippen molar-refractivity contribution in [3.63, 3.8) is 0 Å². The summed E-state index contributed by atoms with van der Waals surface area (Å²) in [4.78, 5) is 36.8. The lowest BCUT2D eigenvalue weighted by molar-refractivity contribution is -0.193. The largest absolute Gasteiger partial charge is 0.490 e. The third-order valence-corrected chi connectivity index (χ3v) is 5.50. The number of alkyl halides is 6. The minimum Gasteiger partial charge on any atom is -0.475 e. The van der Waals surface area contributed by atoms with Crippen LogP contribution >= 0.6 is 0 Å². The molecule has 0 bridgehead atoms. The standard InChI is InChI=1S/C17H24N6O.2C2HF3O2/c1-21-9-13(7-19-21)10-22-5-6-23-11-15(20-16(23)12-22)8-18-17(24)14-3-2-4-14;2*3-2(4,5)1(6)7/h7,9,11,14H,2-6,8,10,12H2,1H3,(H,18,24);2*(H,6,7). The Labute approximate surface area is 212 Å². The molecule has 3 N–H and O–H groups in total. The first-order valence-corrected chi connectivity index (χ1v) is 11.2. The Morgan fingerprint density at radius 2 is 1.61 bits per heavy atom. The fraction of sp³-hybridized carbons (Fsp3) is 0.571. The van der Waals surface area contributed by atoms with Crippen LogP contribution in [0.1, 0.15) is 36.3 Å². The van der Waals surface area contributed by atoms with Crippen molar-refractivity contribution in [2.75, 3.05) is 6.54 Å². The van der Waals surface area contributed by atoms with Gasteiger partial charge in [-0.05, 0) is 12.8 Å². The second-order valence-corrected chi connectivity index (χ2v) is 8.53. The van der Waals surface area contributed by atoms with Crippen molar-refractivity contribution in [1.82, 2.24) is 29.5 Å². The van der Waals surface area contributed by atoms with E-state index in [4.69, 9.17) is 24.8 Å². The zero-order valence-electron chi connectivity index (χ0n) is 20.1. The van der Waals surface area contributed by atoms with E-state index in [1.807, 2.05) is 17.9 Å². The average molecular weight is 556 g/mol. The molecule has 2 aromatic heterocycles. The Hall–Kier alpha value is -3.63. The lowest BCUT2D eigenvalue weighted by atomic mass is 9.85. The van der Waals surface area contributed by atoms with E-state index >= 15 is 0 Å². The summed E-state index contributed by atoms with van der Waals surface area (Å²) in [5.41, 5.74) is 2.19. The van der Waals surface area contributed by atoms with Crippen LogP contribution in [0.5, 0.6) is 0 Å². The van der Waals surface area contributed by atoms with Gasteiger partial charge in [-0.25, -0.2) is 14.6 Å². The summed E-state index contributed by atoms with van der Waals surface area (Å²) in [6, 6.07) is 0. The molecule has 1 amide bonds. The molecule has 1 aliphatic carbocycles. The van der Waals surface area contributed by atoms with Crippen LogP contribution in [0.3, 0.4) is 0 Å². The molecule has 0 atom stereocenters. The number of hydrogen-bond donors (Lipinski definition) is 3. The molecule has 0 saturated heterocycles. The maximum atomic E-state index is 11.9. The monoisotopic (exact) mass is 556 g/mol. The van der Waals surface area contributed by atoms with Crippen LogP contribution < -0.4 is 5.32 Å². The van der Waals surface area contributed by atoms with E-state index in [-0.39, 0.29) is 11.8 Å². The van der Waals surface area contributed by atoms with Gasteiger partial charge in [-0.1, -0.05) is 6.42 Å². The van der Waals surface area contributed by atoms with E-state index in [1.54, 1.807) is 0 Å². The molecular formula is C21H26F6N6O5. The van der Waals surface area contributed by atoms with Gasteiger partial charge < -0.3 is 20.1 Å². The second-order valence-electron chi connectivity index (χ2n) is 8.53. The molecule has 3 heterocycles. The fourth-order valence-electron chi connectivity index (χ4n) is 3.39. The molecule has 4 rings (SSSR count). The summed E-state index contributed by atoms with van der Waals surface area (Å²) >= 11 is 0. The smallest absolute Gasteiger partial charge is 0.475 e. The van der Waals surface area contributed by atoms with Crippen LogP contribution in [0.15, 0.2) is 18.6 Å². The molecule has 212 valence electrons. The van der Waals surface area contributed by atoms with Crippen LogP contribution in [0.4, 0.5) is 26.3 Å². The first kappa shape index (κ1) is 30.6. The third-order valence-electron chi connectivity index (χ3n) is 5.50. The van der Waals surface area contributed by atoms with Gasteiger partial charge in [-0.3, -0.25) is 14.4 Å². The summed E-state index contributed by atoms with van der Waals surface area (Å²) in [7, 11) is 1.94. The number of fused-ring (bicyclic) bond motifs is 1. The summed E-state index contributed by atoms with van der Waals surface area (Å²) in [5, 5.41) is 21.5. The highest BCUT2D eigenvalue weighted by atomic mass is 19.4. The molecule has 0 radical (unpaired) electrons. The van der Waals surface area contributed by atoms with Crippen molar-refractivity contribution in [2.45, 2.75) is 57.8 Å². The van der Waals surface area contributed by atoms with Crippen molar-refractivity contribution in [3.05, 3.63) is 35.7 Å². The van der Waals surface area contributed by atoms with E-state index in [9.17, 15) is 31.1 Å². The number of nitrogens with zero attached hydrogens (tertiary/aromatic N) is 5. The van der Waals surface area contributed by atoms with E-state index in [0.717, 1.165) is 50.5 Å². The van der Waals surface area contributed by atoms with Gasteiger partial charge in [0, 0.05) is 50.6 Å². The SMILES string of the molecule is Cn1cc(CN2CCn3cc(CNC(=O)C4CCC4)nc3C2)cn1.O=C(O)C(F)(F)F.O=C(O)C(F)(F)F. The Bertz CT molecular complexity index is 1080. The number of halogens is 6. The number of amides is 1. The molecule has 17 heteroatoms. The number of carbonyl (C=O) groups is 3. The van der Waals surface area contributed by atoms with Crippen molar-refractivity contribution >= 4 is 17.8 Å². The number of rotatable bonds is 5. The maximum Gasteiger partial charge on any atom is 0.490 e. The molecule has 2 aromatic rings. The lowest BCUT2D eigenvalue weighted by Gasteiger charge is -2.26. The minimum atomic E-state index is -5.08. The zero-order valence-corrected chi connectivity index (χ0v) is 20.1. The Kier molecular flexibility index (Phi) is 10.3. The van der Waals surface area contributed by atoms with Crippen molar-refractivity contribution in [2.24, 2.45) is 13.0 Å². The molecule has 0 spiro atoms. The molecule has 1 fully saturated rings. The van der Waals surface area contributed by atoms with Gasteiger partial charge in [-0.15, -0.1) is 0 Å². The number of hydrogen-bond acceptors (Lipinski definition) is 6. The van der Waals surface area contributed by atoms with Crippen LogP contribution in [0, 0.1) is 5.92 Å². The van der Waals surface area contributed by atoms with Gasteiger partial charge >= 0.3 is 24.3 Å². The molecule has 1 saturated carbocycles. The summed E-state index contributed by atoms with van der Waals surface area (Å²) < 4.78 is 67.5. The molecule has 38 heavy (non-hydrogen) atoms. The predicted octanol–water partition coefficient (Wildman–Crippen LogP) is 2.32. The second kappa shape index (κ2) is 12.7. The number of aliphatic carboxylic acids is 2. The Morgan fingerprint density at radius 3 is 2.05 bits per heavy atom. The van der Waals surface area contributed by atoms with Crippen LogP contribution in [0.2, 0.25) is 0 Å².